The molecule has 0 fully saturated rings. The number of hydrogen-bond donors (Lipinski definition) is 2. The van der Waals surface area contributed by atoms with Crippen molar-refractivity contribution >= 4 is 23.8 Å². The van der Waals surface area contributed by atoms with Crippen molar-refractivity contribution in [3.8, 4) is 0 Å². The first-order chi connectivity index (χ1) is 8.43. The average Bonchev–Trinajstić information content (AvgIpc) is 2.26. The molecule has 0 saturated heterocycles. The van der Waals surface area contributed by atoms with E-state index in [-0.39, 0.29) is 13.1 Å². The van der Waals surface area contributed by atoms with Crippen LogP contribution in [-0.4, -0.2) is 31.2 Å². The summed E-state index contributed by atoms with van der Waals surface area (Å²) in [6, 6.07) is 5.10. The van der Waals surface area contributed by atoms with Crippen molar-refractivity contribution in [3.63, 3.8) is 0 Å². The van der Waals surface area contributed by atoms with E-state index in [1.165, 1.54) is 4.90 Å². The number of aldehydes is 1. The minimum Gasteiger partial charge on any atom is -0.368 e. The van der Waals surface area contributed by atoms with E-state index in [9.17, 15) is 14.4 Å². The van der Waals surface area contributed by atoms with E-state index in [2.05, 4.69) is 0 Å². The lowest BCUT2D eigenvalue weighted by Gasteiger charge is -2.23. The molecule has 0 aliphatic heterocycles. The van der Waals surface area contributed by atoms with Gasteiger partial charge in [0, 0.05) is 11.3 Å². The molecule has 1 rings (SSSR count). The Morgan fingerprint density at radius 2 is 1.78 bits per heavy atom. The Labute approximate surface area is 105 Å². The Bertz CT molecular complexity index is 469. The fourth-order valence-corrected chi connectivity index (χ4v) is 1.66. The molecule has 0 unspecified atom stereocenters. The number of benzene rings is 1. The van der Waals surface area contributed by atoms with Crippen LogP contribution in [0, 0.1) is 6.92 Å². The van der Waals surface area contributed by atoms with Crippen molar-refractivity contribution < 1.29 is 14.4 Å². The standard InChI is InChI=1S/C12H15N3O3/c1-8-2-3-10(9(4-8)7-16)15(5-11(13)17)6-12(14)18/h2-4,7H,5-6H2,1H3,(H2,13,17)(H2,14,18). The number of nitrogens with two attached hydrogens (primary N) is 2. The maximum absolute atomic E-state index is 11.0. The lowest BCUT2D eigenvalue weighted by molar-refractivity contribution is -0.117. The molecule has 18 heavy (non-hydrogen) atoms. The molecular formula is C12H15N3O3. The zero-order valence-electron chi connectivity index (χ0n) is 10.1. The minimum absolute atomic E-state index is 0.174. The molecule has 0 aromatic heterocycles. The Morgan fingerprint density at radius 3 is 2.22 bits per heavy atom. The topological polar surface area (TPSA) is 106 Å². The van der Waals surface area contributed by atoms with Crippen LogP contribution in [0.2, 0.25) is 0 Å². The highest BCUT2D eigenvalue weighted by Gasteiger charge is 2.15. The molecular weight excluding hydrogens is 234 g/mol. The predicted molar refractivity (Wildman–Crippen MR) is 67.2 cm³/mol. The number of nitrogens with zero attached hydrogens (tertiary/aromatic N) is 1. The second-order valence-corrected chi connectivity index (χ2v) is 3.97. The van der Waals surface area contributed by atoms with E-state index < -0.39 is 11.8 Å². The maximum Gasteiger partial charge on any atom is 0.236 e. The van der Waals surface area contributed by atoms with Crippen molar-refractivity contribution in [3.05, 3.63) is 29.3 Å². The first kappa shape index (κ1) is 13.7. The first-order valence-corrected chi connectivity index (χ1v) is 5.31. The largest absolute Gasteiger partial charge is 0.368 e. The monoisotopic (exact) mass is 249 g/mol. The van der Waals surface area contributed by atoms with E-state index in [0.717, 1.165) is 5.56 Å². The van der Waals surface area contributed by atoms with Gasteiger partial charge in [0.2, 0.25) is 11.8 Å². The summed E-state index contributed by atoms with van der Waals surface area (Å²) in [4.78, 5) is 34.3. The lowest BCUT2D eigenvalue weighted by atomic mass is 10.1. The van der Waals surface area contributed by atoms with Crippen LogP contribution in [0.5, 0.6) is 0 Å². The molecule has 1 aromatic carbocycles. The van der Waals surface area contributed by atoms with E-state index in [1.807, 2.05) is 6.92 Å². The summed E-state index contributed by atoms with van der Waals surface area (Å²) in [5.41, 5.74) is 12.0. The Kier molecular flexibility index (Phi) is 4.42. The van der Waals surface area contributed by atoms with Crippen LogP contribution in [0.15, 0.2) is 18.2 Å². The highest BCUT2D eigenvalue weighted by Crippen LogP contribution is 2.20. The van der Waals surface area contributed by atoms with Gasteiger partial charge >= 0.3 is 0 Å². The zero-order chi connectivity index (χ0) is 13.7. The fraction of sp³-hybridized carbons (Fsp3) is 0.250. The van der Waals surface area contributed by atoms with Crippen molar-refractivity contribution in [1.82, 2.24) is 0 Å². The van der Waals surface area contributed by atoms with Gasteiger partial charge in [0.1, 0.15) is 0 Å². The summed E-state index contributed by atoms with van der Waals surface area (Å²) in [5.74, 6) is -1.21. The normalized spacial score (nSPS) is 9.83. The molecule has 0 bridgehead atoms. The van der Waals surface area contributed by atoms with Crippen LogP contribution in [0.3, 0.4) is 0 Å². The Balaban J connectivity index is 3.14. The van der Waals surface area contributed by atoms with Gasteiger partial charge in [0.05, 0.1) is 13.1 Å². The second kappa shape index (κ2) is 5.81. The smallest absolute Gasteiger partial charge is 0.236 e. The van der Waals surface area contributed by atoms with Crippen LogP contribution >= 0.6 is 0 Å². The van der Waals surface area contributed by atoms with Crippen LogP contribution < -0.4 is 16.4 Å². The number of amides is 2. The number of primary amides is 2. The summed E-state index contributed by atoms with van der Waals surface area (Å²) < 4.78 is 0. The molecule has 0 aliphatic carbocycles. The van der Waals surface area contributed by atoms with Gasteiger partial charge in [0.25, 0.3) is 0 Å². The van der Waals surface area contributed by atoms with E-state index >= 15 is 0 Å². The van der Waals surface area contributed by atoms with E-state index in [0.29, 0.717) is 17.5 Å². The Hall–Kier alpha value is -2.37. The second-order valence-electron chi connectivity index (χ2n) is 3.97. The number of carbonyl (C=O) groups is 3. The van der Waals surface area contributed by atoms with Crippen molar-refractivity contribution in [2.45, 2.75) is 6.92 Å². The van der Waals surface area contributed by atoms with Crippen molar-refractivity contribution in [2.75, 3.05) is 18.0 Å². The molecule has 0 heterocycles. The molecule has 0 aliphatic rings. The third kappa shape index (κ3) is 3.58. The number of aryl methyl sites for hydroxylation is 1. The van der Waals surface area contributed by atoms with Crippen LogP contribution in [0.25, 0.3) is 0 Å². The SMILES string of the molecule is Cc1ccc(N(CC(N)=O)CC(N)=O)c(C=O)c1. The molecule has 6 heteroatoms. The third-order valence-corrected chi connectivity index (χ3v) is 2.34. The van der Waals surface area contributed by atoms with E-state index in [1.54, 1.807) is 18.2 Å². The first-order valence-electron chi connectivity index (χ1n) is 5.31. The predicted octanol–water partition coefficient (Wildman–Crippen LogP) is -0.415. The maximum atomic E-state index is 11.0. The van der Waals surface area contributed by atoms with Gasteiger partial charge in [0.15, 0.2) is 6.29 Å². The molecule has 0 spiro atoms. The molecule has 4 N–H and O–H groups in total. The fourth-order valence-electron chi connectivity index (χ4n) is 1.66. The van der Waals surface area contributed by atoms with Gasteiger partial charge in [-0.3, -0.25) is 14.4 Å². The third-order valence-electron chi connectivity index (χ3n) is 2.34. The summed E-state index contributed by atoms with van der Waals surface area (Å²) in [6.07, 6.45) is 0.664. The van der Waals surface area contributed by atoms with Gasteiger partial charge in [-0.1, -0.05) is 11.6 Å². The lowest BCUT2D eigenvalue weighted by Crippen LogP contribution is -2.40. The molecule has 2 amide bonds. The van der Waals surface area contributed by atoms with Crippen LogP contribution in [-0.2, 0) is 9.59 Å². The number of carbonyl (C=O) groups excluding carboxylic acids is 3. The van der Waals surface area contributed by atoms with Gasteiger partial charge in [-0.2, -0.15) is 0 Å². The number of anilines is 1. The minimum atomic E-state index is -0.603. The number of rotatable bonds is 6. The van der Waals surface area contributed by atoms with Crippen molar-refractivity contribution in [2.24, 2.45) is 11.5 Å². The molecule has 0 radical (unpaired) electrons. The van der Waals surface area contributed by atoms with Crippen LogP contribution in [0.4, 0.5) is 5.69 Å². The van der Waals surface area contributed by atoms with Crippen LogP contribution in [0.1, 0.15) is 15.9 Å². The Morgan fingerprint density at radius 1 is 1.22 bits per heavy atom. The van der Waals surface area contributed by atoms with Gasteiger partial charge in [-0.15, -0.1) is 0 Å². The molecule has 0 atom stereocenters. The number of hydrogen-bond acceptors (Lipinski definition) is 4. The average molecular weight is 249 g/mol. The molecule has 6 nitrogen and oxygen atoms in total. The summed E-state index contributed by atoms with van der Waals surface area (Å²) in [5, 5.41) is 0. The summed E-state index contributed by atoms with van der Waals surface area (Å²) >= 11 is 0. The summed E-state index contributed by atoms with van der Waals surface area (Å²) in [6.45, 7) is 1.49. The molecule has 96 valence electrons. The van der Waals surface area contributed by atoms with Gasteiger partial charge in [-0.05, 0) is 19.1 Å². The highest BCUT2D eigenvalue weighted by atomic mass is 16.2. The molecule has 0 saturated carbocycles. The van der Waals surface area contributed by atoms with Crippen molar-refractivity contribution in [1.29, 1.82) is 0 Å². The summed E-state index contributed by atoms with van der Waals surface area (Å²) in [7, 11) is 0. The zero-order valence-corrected chi connectivity index (χ0v) is 10.1. The van der Waals surface area contributed by atoms with E-state index in [4.69, 9.17) is 11.5 Å². The molecule has 1 aromatic rings. The van der Waals surface area contributed by atoms with Gasteiger partial charge < -0.3 is 16.4 Å². The highest BCUT2D eigenvalue weighted by molar-refractivity contribution is 5.90. The van der Waals surface area contributed by atoms with Gasteiger partial charge in [-0.25, -0.2) is 0 Å². The quantitative estimate of drug-likeness (QED) is 0.668.